The Morgan fingerprint density at radius 1 is 0.594 bits per heavy atom. The van der Waals surface area contributed by atoms with Gasteiger partial charge in [-0.25, -0.2) is 0 Å². The van der Waals surface area contributed by atoms with Gasteiger partial charge in [0.1, 0.15) is 0 Å². The summed E-state index contributed by atoms with van der Waals surface area (Å²) in [7, 11) is 4.40. The van der Waals surface area contributed by atoms with Crippen molar-refractivity contribution in [2.75, 3.05) is 27.3 Å². The molecule has 0 aromatic rings. The second kappa shape index (κ2) is 26.7. The first-order valence-electron chi connectivity index (χ1n) is 14.3. The highest BCUT2D eigenvalue weighted by atomic mass is 16.5. The van der Waals surface area contributed by atoms with Gasteiger partial charge in [-0.3, -0.25) is 0 Å². The van der Waals surface area contributed by atoms with Gasteiger partial charge in [-0.1, -0.05) is 115 Å². The van der Waals surface area contributed by atoms with Crippen molar-refractivity contribution in [3.8, 4) is 0 Å². The predicted molar refractivity (Wildman–Crippen MR) is 146 cm³/mol. The Morgan fingerprint density at radius 3 is 1.72 bits per heavy atom. The molecule has 0 aliphatic heterocycles. The Morgan fingerprint density at radius 2 is 1.09 bits per heavy atom. The SMILES string of the molecule is CCCCC/C=C\C/C=C\CCCCCCCCOC[C@H](CCCCCCCC)N(C)C. The van der Waals surface area contributed by atoms with Gasteiger partial charge < -0.3 is 9.64 Å². The van der Waals surface area contributed by atoms with Crippen molar-refractivity contribution in [2.24, 2.45) is 0 Å². The highest BCUT2D eigenvalue weighted by Gasteiger charge is 2.11. The molecule has 0 amide bonds. The molecule has 0 aromatic carbocycles. The summed E-state index contributed by atoms with van der Waals surface area (Å²) in [4.78, 5) is 2.35. The summed E-state index contributed by atoms with van der Waals surface area (Å²) >= 11 is 0. The number of likely N-dealkylation sites (N-methyl/N-ethyl adjacent to an activating group) is 1. The summed E-state index contributed by atoms with van der Waals surface area (Å²) in [5, 5.41) is 0. The minimum Gasteiger partial charge on any atom is -0.380 e. The molecule has 0 rings (SSSR count). The highest BCUT2D eigenvalue weighted by molar-refractivity contribution is 4.92. The normalized spacial score (nSPS) is 13.2. The van der Waals surface area contributed by atoms with E-state index in [0.29, 0.717) is 6.04 Å². The van der Waals surface area contributed by atoms with Crippen molar-refractivity contribution < 1.29 is 4.74 Å². The zero-order valence-corrected chi connectivity index (χ0v) is 22.6. The fourth-order valence-corrected chi connectivity index (χ4v) is 4.06. The maximum atomic E-state index is 6.02. The fraction of sp³-hybridized carbons (Fsp3) is 0.867. The largest absolute Gasteiger partial charge is 0.380 e. The second-order valence-electron chi connectivity index (χ2n) is 9.83. The number of allylic oxidation sites excluding steroid dienone is 4. The predicted octanol–water partition coefficient (Wildman–Crippen LogP) is 9.50. The van der Waals surface area contributed by atoms with Crippen LogP contribution in [-0.4, -0.2) is 38.3 Å². The average molecular weight is 450 g/mol. The van der Waals surface area contributed by atoms with E-state index in [2.05, 4.69) is 57.1 Å². The topological polar surface area (TPSA) is 12.5 Å². The van der Waals surface area contributed by atoms with E-state index in [0.717, 1.165) is 19.6 Å². The van der Waals surface area contributed by atoms with Gasteiger partial charge in [-0.15, -0.1) is 0 Å². The molecule has 0 saturated heterocycles. The molecule has 0 fully saturated rings. The van der Waals surface area contributed by atoms with Crippen LogP contribution in [-0.2, 0) is 4.74 Å². The van der Waals surface area contributed by atoms with Crippen molar-refractivity contribution in [3.63, 3.8) is 0 Å². The summed E-state index contributed by atoms with van der Waals surface area (Å²) in [5.74, 6) is 0. The number of hydrogen-bond acceptors (Lipinski definition) is 2. The van der Waals surface area contributed by atoms with Crippen LogP contribution in [0.1, 0.15) is 136 Å². The lowest BCUT2D eigenvalue weighted by Crippen LogP contribution is -2.32. The van der Waals surface area contributed by atoms with Gasteiger partial charge in [0.25, 0.3) is 0 Å². The Hall–Kier alpha value is -0.600. The van der Waals surface area contributed by atoms with Gasteiger partial charge in [-0.2, -0.15) is 0 Å². The fourth-order valence-electron chi connectivity index (χ4n) is 4.06. The molecule has 1 atom stereocenters. The molecule has 32 heavy (non-hydrogen) atoms. The number of hydrogen-bond donors (Lipinski definition) is 0. The first-order chi connectivity index (χ1) is 15.7. The first-order valence-corrected chi connectivity index (χ1v) is 14.3. The van der Waals surface area contributed by atoms with E-state index in [-0.39, 0.29) is 0 Å². The van der Waals surface area contributed by atoms with Crippen LogP contribution in [0, 0.1) is 0 Å². The van der Waals surface area contributed by atoms with E-state index >= 15 is 0 Å². The molecule has 0 aliphatic rings. The average Bonchev–Trinajstić information content (AvgIpc) is 2.78. The maximum absolute atomic E-state index is 6.02. The van der Waals surface area contributed by atoms with E-state index < -0.39 is 0 Å². The summed E-state index contributed by atoms with van der Waals surface area (Å²) in [6.07, 6.45) is 34.6. The number of unbranched alkanes of at least 4 members (excludes halogenated alkanes) is 14. The Bertz CT molecular complexity index is 402. The molecule has 0 saturated carbocycles. The van der Waals surface area contributed by atoms with Crippen LogP contribution in [0.5, 0.6) is 0 Å². The van der Waals surface area contributed by atoms with Gasteiger partial charge in [-0.05, 0) is 59.0 Å². The third kappa shape index (κ3) is 24.1. The molecule has 2 heteroatoms. The maximum Gasteiger partial charge on any atom is 0.0621 e. The summed E-state index contributed by atoms with van der Waals surface area (Å²) in [6, 6.07) is 0.589. The smallest absolute Gasteiger partial charge is 0.0621 e. The van der Waals surface area contributed by atoms with Gasteiger partial charge in [0.15, 0.2) is 0 Å². The van der Waals surface area contributed by atoms with E-state index in [9.17, 15) is 0 Å². The van der Waals surface area contributed by atoms with Crippen LogP contribution < -0.4 is 0 Å². The minimum atomic E-state index is 0.589. The van der Waals surface area contributed by atoms with Gasteiger partial charge in [0.2, 0.25) is 0 Å². The number of rotatable bonds is 25. The zero-order valence-electron chi connectivity index (χ0n) is 22.6. The van der Waals surface area contributed by atoms with Crippen LogP contribution >= 0.6 is 0 Å². The van der Waals surface area contributed by atoms with Gasteiger partial charge in [0, 0.05) is 12.6 Å². The molecule has 2 nitrogen and oxygen atoms in total. The van der Waals surface area contributed by atoms with Crippen molar-refractivity contribution >= 4 is 0 Å². The zero-order chi connectivity index (χ0) is 23.5. The van der Waals surface area contributed by atoms with Crippen LogP contribution in [0.15, 0.2) is 24.3 Å². The number of ether oxygens (including phenoxy) is 1. The standard InChI is InChI=1S/C30H59NO/c1-5-7-9-11-13-14-15-16-17-18-19-20-21-22-24-26-28-32-29-30(31(3)4)27-25-23-12-10-8-6-2/h13-14,16-17,30H,5-12,15,18-29H2,1-4H3/b14-13-,17-16-/t30-/m0/s1. The summed E-state index contributed by atoms with van der Waals surface area (Å²) in [6.45, 7) is 6.40. The second-order valence-corrected chi connectivity index (χ2v) is 9.83. The molecule has 0 aromatic heterocycles. The monoisotopic (exact) mass is 449 g/mol. The lowest BCUT2D eigenvalue weighted by molar-refractivity contribution is 0.0721. The third-order valence-corrected chi connectivity index (χ3v) is 6.42. The first kappa shape index (κ1) is 31.4. The van der Waals surface area contributed by atoms with E-state index in [1.807, 2.05) is 0 Å². The van der Waals surface area contributed by atoms with Crippen molar-refractivity contribution in [1.82, 2.24) is 4.90 Å². The quantitative estimate of drug-likeness (QED) is 0.102. The van der Waals surface area contributed by atoms with E-state index in [4.69, 9.17) is 4.74 Å². The van der Waals surface area contributed by atoms with Crippen LogP contribution in [0.2, 0.25) is 0 Å². The van der Waals surface area contributed by atoms with Gasteiger partial charge in [0.05, 0.1) is 6.61 Å². The number of nitrogens with zero attached hydrogens (tertiary/aromatic N) is 1. The van der Waals surface area contributed by atoms with Crippen molar-refractivity contribution in [2.45, 2.75) is 142 Å². The molecule has 0 N–H and O–H groups in total. The molecule has 0 radical (unpaired) electrons. The lowest BCUT2D eigenvalue weighted by Gasteiger charge is -2.24. The molecule has 0 aliphatic carbocycles. The summed E-state index contributed by atoms with van der Waals surface area (Å²) in [5.41, 5.74) is 0. The van der Waals surface area contributed by atoms with Crippen LogP contribution in [0.4, 0.5) is 0 Å². The van der Waals surface area contributed by atoms with Gasteiger partial charge >= 0.3 is 0 Å². The minimum absolute atomic E-state index is 0.589. The molecule has 190 valence electrons. The van der Waals surface area contributed by atoms with Crippen LogP contribution in [0.25, 0.3) is 0 Å². The van der Waals surface area contributed by atoms with Crippen LogP contribution in [0.3, 0.4) is 0 Å². The van der Waals surface area contributed by atoms with E-state index in [1.165, 1.54) is 116 Å². The molecule has 0 heterocycles. The molecule has 0 bridgehead atoms. The summed E-state index contributed by atoms with van der Waals surface area (Å²) < 4.78 is 6.02. The van der Waals surface area contributed by atoms with Crippen molar-refractivity contribution in [3.05, 3.63) is 24.3 Å². The Labute approximate surface area is 203 Å². The molecule has 0 unspecified atom stereocenters. The third-order valence-electron chi connectivity index (χ3n) is 6.42. The Kier molecular flexibility index (Phi) is 26.2. The van der Waals surface area contributed by atoms with E-state index in [1.54, 1.807) is 0 Å². The lowest BCUT2D eigenvalue weighted by atomic mass is 10.1. The Balaban J connectivity index is 3.42. The molecular weight excluding hydrogens is 390 g/mol. The highest BCUT2D eigenvalue weighted by Crippen LogP contribution is 2.12. The van der Waals surface area contributed by atoms with Crippen molar-refractivity contribution in [1.29, 1.82) is 0 Å². The molecular formula is C30H59NO. The molecule has 0 spiro atoms.